The molecule has 0 atom stereocenters. The highest BCUT2D eigenvalue weighted by atomic mass is 32.2. The Morgan fingerprint density at radius 2 is 1.47 bits per heavy atom. The van der Waals surface area contributed by atoms with Crippen molar-refractivity contribution < 1.29 is 13.2 Å². The third-order valence-electron chi connectivity index (χ3n) is 5.53. The molecule has 1 heterocycles. The van der Waals surface area contributed by atoms with Crippen LogP contribution in [-0.4, -0.2) is 31.1 Å². The van der Waals surface area contributed by atoms with E-state index in [1.165, 1.54) is 37.6 Å². The van der Waals surface area contributed by atoms with Gasteiger partial charge in [0.2, 0.25) is 5.13 Å². The lowest BCUT2D eigenvalue weighted by Gasteiger charge is -2.07. The minimum absolute atomic E-state index is 0.00163. The molecule has 0 aliphatic carbocycles. The second-order valence-corrected chi connectivity index (χ2v) is 10.7. The minimum Gasteiger partial charge on any atom is -0.352 e. The second kappa shape index (κ2) is 13.8. The van der Waals surface area contributed by atoms with Crippen molar-refractivity contribution in [1.29, 1.82) is 0 Å². The molecule has 0 radical (unpaired) electrons. The normalized spacial score (nSPS) is 11.3. The molecule has 2 aromatic carbocycles. The van der Waals surface area contributed by atoms with Gasteiger partial charge in [0.25, 0.3) is 15.9 Å². The first-order chi connectivity index (χ1) is 16.5. The fourth-order valence-electron chi connectivity index (χ4n) is 3.63. The van der Waals surface area contributed by atoms with Gasteiger partial charge in [-0.05, 0) is 49.1 Å². The molecule has 7 nitrogen and oxygen atoms in total. The summed E-state index contributed by atoms with van der Waals surface area (Å²) in [5.41, 5.74) is 3.34. The zero-order chi connectivity index (χ0) is 24.1. The Morgan fingerprint density at radius 1 is 0.824 bits per heavy atom. The van der Waals surface area contributed by atoms with Gasteiger partial charge in [0.1, 0.15) is 5.51 Å². The monoisotopic (exact) mass is 500 g/mol. The first kappa shape index (κ1) is 25.8. The van der Waals surface area contributed by atoms with Crippen LogP contribution in [0.25, 0.3) is 0 Å². The topological polar surface area (TPSA) is 101 Å². The van der Waals surface area contributed by atoms with Crippen molar-refractivity contribution >= 4 is 32.4 Å². The lowest BCUT2D eigenvalue weighted by molar-refractivity contribution is 0.0953. The number of sulfonamides is 1. The van der Waals surface area contributed by atoms with Crippen LogP contribution >= 0.6 is 11.3 Å². The summed E-state index contributed by atoms with van der Waals surface area (Å²) in [5, 5.41) is 10.6. The zero-order valence-corrected chi connectivity index (χ0v) is 20.9. The Hall–Kier alpha value is -2.78. The van der Waals surface area contributed by atoms with Gasteiger partial charge in [-0.15, -0.1) is 10.2 Å². The van der Waals surface area contributed by atoms with Gasteiger partial charge in [-0.1, -0.05) is 80.2 Å². The fourth-order valence-corrected chi connectivity index (χ4v) is 5.33. The molecule has 0 spiro atoms. The van der Waals surface area contributed by atoms with Gasteiger partial charge in [-0.3, -0.25) is 9.52 Å². The number of benzene rings is 2. The summed E-state index contributed by atoms with van der Waals surface area (Å²) in [6.07, 6.45) is 10.2. The Bertz CT molecular complexity index is 1090. The summed E-state index contributed by atoms with van der Waals surface area (Å²) in [6.45, 7) is 0.728. The number of carbonyl (C=O) groups excluding carboxylic acids is 1. The highest BCUT2D eigenvalue weighted by Crippen LogP contribution is 2.18. The summed E-state index contributed by atoms with van der Waals surface area (Å²) in [6, 6.07) is 16.4. The van der Waals surface area contributed by atoms with Crippen LogP contribution in [0.15, 0.2) is 65.0 Å². The molecule has 3 rings (SSSR count). The van der Waals surface area contributed by atoms with E-state index in [9.17, 15) is 13.2 Å². The predicted molar refractivity (Wildman–Crippen MR) is 137 cm³/mol. The van der Waals surface area contributed by atoms with Crippen molar-refractivity contribution in [2.45, 2.75) is 62.7 Å². The van der Waals surface area contributed by atoms with Crippen molar-refractivity contribution in [3.8, 4) is 0 Å². The van der Waals surface area contributed by atoms with Gasteiger partial charge in [-0.2, -0.15) is 0 Å². The standard InChI is InChI=1S/C25H32N4O3S2/c30-24(22-13-9-7-10-14-22)26-19-11-6-4-2-1-3-5-8-12-21-15-17-23(18-16-21)34(31,32)29-25-28-27-20-33-25/h7,9-10,13-18,20H,1-6,8,11-12,19H2,(H,26,30)(H,28,29). The number of aromatic nitrogens is 2. The van der Waals surface area contributed by atoms with E-state index in [1.807, 2.05) is 42.5 Å². The molecular weight excluding hydrogens is 468 g/mol. The number of nitrogens with zero attached hydrogens (tertiary/aromatic N) is 2. The van der Waals surface area contributed by atoms with Crippen LogP contribution in [0.2, 0.25) is 0 Å². The van der Waals surface area contributed by atoms with E-state index in [1.54, 1.807) is 12.1 Å². The number of hydrogen-bond acceptors (Lipinski definition) is 6. The van der Waals surface area contributed by atoms with Crippen LogP contribution < -0.4 is 10.0 Å². The number of rotatable bonds is 15. The van der Waals surface area contributed by atoms with Crippen LogP contribution in [-0.2, 0) is 16.4 Å². The number of hydrogen-bond donors (Lipinski definition) is 2. The van der Waals surface area contributed by atoms with E-state index in [4.69, 9.17) is 0 Å². The maximum Gasteiger partial charge on any atom is 0.263 e. The van der Waals surface area contributed by atoms with Gasteiger partial charge >= 0.3 is 0 Å². The summed E-state index contributed by atoms with van der Waals surface area (Å²) in [4.78, 5) is 12.2. The van der Waals surface area contributed by atoms with Crippen LogP contribution in [0.3, 0.4) is 0 Å². The number of nitrogens with one attached hydrogen (secondary N) is 2. The van der Waals surface area contributed by atoms with Crippen LogP contribution in [0.1, 0.15) is 67.3 Å². The number of amides is 1. The average molecular weight is 501 g/mol. The van der Waals surface area contributed by atoms with Crippen LogP contribution in [0.4, 0.5) is 5.13 Å². The quantitative estimate of drug-likeness (QED) is 0.271. The maximum atomic E-state index is 12.4. The highest BCUT2D eigenvalue weighted by Gasteiger charge is 2.15. The van der Waals surface area contributed by atoms with E-state index < -0.39 is 10.0 Å². The highest BCUT2D eigenvalue weighted by molar-refractivity contribution is 7.93. The molecule has 0 aliphatic heterocycles. The number of unbranched alkanes of at least 4 members (excludes halogenated alkanes) is 7. The average Bonchev–Trinajstić information content (AvgIpc) is 3.35. The van der Waals surface area contributed by atoms with Crippen LogP contribution in [0.5, 0.6) is 0 Å². The van der Waals surface area contributed by atoms with Gasteiger partial charge in [0.05, 0.1) is 4.90 Å². The molecule has 0 fully saturated rings. The van der Waals surface area contributed by atoms with E-state index in [-0.39, 0.29) is 15.9 Å². The van der Waals surface area contributed by atoms with Crippen molar-refractivity contribution in [2.24, 2.45) is 0 Å². The Kier molecular flexibility index (Phi) is 10.5. The molecule has 3 aromatic rings. The molecule has 0 aliphatic rings. The van der Waals surface area contributed by atoms with Crippen molar-refractivity contribution in [1.82, 2.24) is 15.5 Å². The summed E-state index contributed by atoms with van der Waals surface area (Å²) in [7, 11) is -3.62. The molecular formula is C25H32N4O3S2. The fraction of sp³-hybridized carbons (Fsp3) is 0.400. The molecule has 182 valence electrons. The summed E-state index contributed by atoms with van der Waals surface area (Å²) >= 11 is 1.14. The minimum atomic E-state index is -3.62. The van der Waals surface area contributed by atoms with Crippen molar-refractivity contribution in [3.63, 3.8) is 0 Å². The molecule has 9 heteroatoms. The third kappa shape index (κ3) is 8.87. The zero-order valence-electron chi connectivity index (χ0n) is 19.3. The molecule has 0 bridgehead atoms. The maximum absolute atomic E-state index is 12.4. The molecule has 1 amide bonds. The Labute approximate surface area is 206 Å². The summed E-state index contributed by atoms with van der Waals surface area (Å²) in [5.74, 6) is 0.00163. The molecule has 0 saturated carbocycles. The van der Waals surface area contributed by atoms with Gasteiger partial charge in [0, 0.05) is 12.1 Å². The van der Waals surface area contributed by atoms with E-state index in [0.717, 1.165) is 49.1 Å². The van der Waals surface area contributed by atoms with Gasteiger partial charge < -0.3 is 5.32 Å². The molecule has 2 N–H and O–H groups in total. The smallest absolute Gasteiger partial charge is 0.263 e. The van der Waals surface area contributed by atoms with Crippen LogP contribution in [0, 0.1) is 0 Å². The Balaban J connectivity index is 1.20. The number of anilines is 1. The van der Waals surface area contributed by atoms with Crippen molar-refractivity contribution in [2.75, 3.05) is 11.3 Å². The number of carbonyl (C=O) groups is 1. The van der Waals surface area contributed by atoms with E-state index in [2.05, 4.69) is 20.2 Å². The van der Waals surface area contributed by atoms with Gasteiger partial charge in [-0.25, -0.2) is 8.42 Å². The SMILES string of the molecule is O=C(NCCCCCCCCCCc1ccc(S(=O)(=O)Nc2nncs2)cc1)c1ccccc1. The molecule has 34 heavy (non-hydrogen) atoms. The lowest BCUT2D eigenvalue weighted by atomic mass is 10.0. The molecule has 0 saturated heterocycles. The molecule has 0 unspecified atom stereocenters. The predicted octanol–water partition coefficient (Wildman–Crippen LogP) is 5.43. The van der Waals surface area contributed by atoms with E-state index in [0.29, 0.717) is 5.56 Å². The van der Waals surface area contributed by atoms with Gasteiger partial charge in [0.15, 0.2) is 0 Å². The van der Waals surface area contributed by atoms with E-state index >= 15 is 0 Å². The first-order valence-corrected chi connectivity index (χ1v) is 14.1. The second-order valence-electron chi connectivity index (χ2n) is 8.19. The number of aryl methyl sites for hydroxylation is 1. The molecule has 1 aromatic heterocycles. The lowest BCUT2D eigenvalue weighted by Crippen LogP contribution is -2.24. The Morgan fingerprint density at radius 3 is 2.12 bits per heavy atom. The largest absolute Gasteiger partial charge is 0.352 e. The van der Waals surface area contributed by atoms with Crippen molar-refractivity contribution in [3.05, 3.63) is 71.2 Å². The summed E-state index contributed by atoms with van der Waals surface area (Å²) < 4.78 is 27.1. The first-order valence-electron chi connectivity index (χ1n) is 11.8. The third-order valence-corrected chi connectivity index (χ3v) is 7.62.